The molecule has 2 N–H and O–H groups in total. The second-order valence-electron chi connectivity index (χ2n) is 6.19. The number of imidazole rings is 1. The van der Waals surface area contributed by atoms with Gasteiger partial charge in [-0.15, -0.1) is 0 Å². The number of hydrogen-bond donors (Lipinski definition) is 2. The van der Waals surface area contributed by atoms with Gasteiger partial charge in [-0.1, -0.05) is 6.07 Å². The number of pyridine rings is 1. The molecule has 142 valence electrons. The van der Waals surface area contributed by atoms with Crippen LogP contribution < -0.4 is 10.9 Å². The summed E-state index contributed by atoms with van der Waals surface area (Å²) in [7, 11) is 0. The van der Waals surface area contributed by atoms with Crippen LogP contribution in [0.25, 0.3) is 27.9 Å². The number of aromatic nitrogens is 7. The van der Waals surface area contributed by atoms with Crippen LogP contribution in [0.15, 0.2) is 60.0 Å². The van der Waals surface area contributed by atoms with Crippen molar-refractivity contribution in [3.8, 4) is 5.82 Å². The Balaban J connectivity index is 1.65. The first kappa shape index (κ1) is 16.9. The normalized spacial score (nSPS) is 11.2. The van der Waals surface area contributed by atoms with Gasteiger partial charge in [0.25, 0.3) is 5.56 Å². The Kier molecular flexibility index (Phi) is 3.94. The summed E-state index contributed by atoms with van der Waals surface area (Å²) in [5.74, 6) is 0.812. The summed E-state index contributed by atoms with van der Waals surface area (Å²) < 4.78 is 15.1. The van der Waals surface area contributed by atoms with Crippen LogP contribution in [0, 0.1) is 5.82 Å². The van der Waals surface area contributed by atoms with E-state index in [4.69, 9.17) is 0 Å². The molecule has 4 aromatic heterocycles. The minimum absolute atomic E-state index is 0.171. The summed E-state index contributed by atoms with van der Waals surface area (Å²) in [6.45, 7) is 0.171. The van der Waals surface area contributed by atoms with Gasteiger partial charge in [0.2, 0.25) is 0 Å². The Bertz CT molecular complexity index is 1400. The summed E-state index contributed by atoms with van der Waals surface area (Å²) in [6, 6.07) is 9.14. The molecule has 0 saturated carbocycles. The molecule has 5 aromatic rings. The minimum atomic E-state index is -0.502. The van der Waals surface area contributed by atoms with Gasteiger partial charge in [0.1, 0.15) is 29.3 Å². The number of fused-ring (bicyclic) bond motifs is 2. The predicted octanol–water partition coefficient (Wildman–Crippen LogP) is 2.20. The predicted molar refractivity (Wildman–Crippen MR) is 104 cm³/mol. The summed E-state index contributed by atoms with van der Waals surface area (Å²) in [4.78, 5) is 37.3. The highest BCUT2D eigenvalue weighted by molar-refractivity contribution is 5.82. The Hall–Kier alpha value is -4.21. The molecule has 0 bridgehead atoms. The van der Waals surface area contributed by atoms with Gasteiger partial charge in [0, 0.05) is 6.20 Å². The maximum Gasteiger partial charge on any atom is 0.267 e. The molecule has 0 aliphatic carbocycles. The van der Waals surface area contributed by atoms with E-state index < -0.39 is 11.4 Å². The van der Waals surface area contributed by atoms with E-state index in [0.29, 0.717) is 34.1 Å². The monoisotopic (exact) mass is 388 g/mol. The van der Waals surface area contributed by atoms with Crippen LogP contribution in [0.5, 0.6) is 0 Å². The molecule has 5 rings (SSSR count). The lowest BCUT2D eigenvalue weighted by Crippen LogP contribution is -2.26. The highest BCUT2D eigenvalue weighted by Crippen LogP contribution is 2.17. The second-order valence-corrected chi connectivity index (χ2v) is 6.19. The molecule has 29 heavy (non-hydrogen) atoms. The Morgan fingerprint density at radius 3 is 2.90 bits per heavy atom. The zero-order chi connectivity index (χ0) is 19.8. The maximum absolute atomic E-state index is 13.7. The number of rotatable bonds is 4. The van der Waals surface area contributed by atoms with Gasteiger partial charge in [0.15, 0.2) is 11.5 Å². The van der Waals surface area contributed by atoms with Gasteiger partial charge in [-0.2, -0.15) is 0 Å². The number of hydrogen-bond acceptors (Lipinski definition) is 7. The average Bonchev–Trinajstić information content (AvgIpc) is 3.23. The smallest absolute Gasteiger partial charge is 0.267 e. The van der Waals surface area contributed by atoms with Crippen LogP contribution in [-0.4, -0.2) is 34.5 Å². The van der Waals surface area contributed by atoms with Crippen LogP contribution in [0.1, 0.15) is 5.82 Å². The molecule has 10 heteroatoms. The average molecular weight is 388 g/mol. The molecule has 0 radical (unpaired) electrons. The fourth-order valence-corrected chi connectivity index (χ4v) is 3.11. The van der Waals surface area contributed by atoms with Crippen molar-refractivity contribution >= 4 is 27.9 Å². The van der Waals surface area contributed by atoms with E-state index in [1.165, 1.54) is 35.4 Å². The van der Waals surface area contributed by atoms with Crippen molar-refractivity contribution in [2.75, 3.05) is 5.32 Å². The summed E-state index contributed by atoms with van der Waals surface area (Å²) in [5.41, 5.74) is 1.16. The number of halogens is 1. The summed E-state index contributed by atoms with van der Waals surface area (Å²) >= 11 is 0. The van der Waals surface area contributed by atoms with Crippen molar-refractivity contribution < 1.29 is 4.39 Å². The van der Waals surface area contributed by atoms with Crippen molar-refractivity contribution in [1.82, 2.24) is 34.5 Å². The second kappa shape index (κ2) is 6.75. The zero-order valence-corrected chi connectivity index (χ0v) is 14.9. The zero-order valence-electron chi connectivity index (χ0n) is 14.9. The molecule has 0 saturated heterocycles. The van der Waals surface area contributed by atoms with E-state index in [2.05, 4.69) is 35.2 Å². The number of anilines is 1. The molecule has 0 unspecified atom stereocenters. The molecule has 0 spiro atoms. The third-order valence-electron chi connectivity index (χ3n) is 4.42. The Morgan fingerprint density at radius 1 is 1.10 bits per heavy atom. The van der Waals surface area contributed by atoms with Crippen molar-refractivity contribution in [2.45, 2.75) is 6.54 Å². The van der Waals surface area contributed by atoms with E-state index in [9.17, 15) is 9.18 Å². The van der Waals surface area contributed by atoms with Gasteiger partial charge in [0.05, 0.1) is 23.8 Å². The van der Waals surface area contributed by atoms with E-state index in [1.54, 1.807) is 24.4 Å². The van der Waals surface area contributed by atoms with E-state index in [-0.39, 0.29) is 11.9 Å². The van der Waals surface area contributed by atoms with Crippen molar-refractivity contribution in [3.63, 3.8) is 0 Å². The van der Waals surface area contributed by atoms with Crippen LogP contribution in [0.4, 0.5) is 10.2 Å². The fraction of sp³-hybridized carbons (Fsp3) is 0.0526. The first-order valence-electron chi connectivity index (χ1n) is 8.71. The highest BCUT2D eigenvalue weighted by atomic mass is 19.1. The van der Waals surface area contributed by atoms with Gasteiger partial charge in [-0.3, -0.25) is 4.79 Å². The van der Waals surface area contributed by atoms with Crippen LogP contribution in [-0.2, 0) is 6.54 Å². The van der Waals surface area contributed by atoms with Gasteiger partial charge in [-0.05, 0) is 30.3 Å². The van der Waals surface area contributed by atoms with Gasteiger partial charge >= 0.3 is 0 Å². The van der Waals surface area contributed by atoms with Crippen LogP contribution in [0.3, 0.4) is 0 Å². The molecule has 0 atom stereocenters. The number of benzene rings is 1. The number of H-pyrrole nitrogens is 1. The third kappa shape index (κ3) is 2.96. The summed E-state index contributed by atoms with van der Waals surface area (Å²) in [5, 5.41) is 3.34. The van der Waals surface area contributed by atoms with Crippen LogP contribution in [0.2, 0.25) is 0 Å². The first-order chi connectivity index (χ1) is 14.2. The van der Waals surface area contributed by atoms with Gasteiger partial charge < -0.3 is 10.3 Å². The van der Waals surface area contributed by atoms with E-state index in [0.717, 1.165) is 0 Å². The molecule has 0 fully saturated rings. The highest BCUT2D eigenvalue weighted by Gasteiger charge is 2.15. The Labute approximate surface area is 162 Å². The van der Waals surface area contributed by atoms with Crippen molar-refractivity contribution in [1.29, 1.82) is 0 Å². The lowest BCUT2D eigenvalue weighted by molar-refractivity contribution is 0.629. The maximum atomic E-state index is 13.7. The lowest BCUT2D eigenvalue weighted by Gasteiger charge is -2.14. The van der Waals surface area contributed by atoms with Gasteiger partial charge in [-0.25, -0.2) is 33.9 Å². The van der Waals surface area contributed by atoms with Crippen LogP contribution >= 0.6 is 0 Å². The topological polar surface area (TPSA) is 114 Å². The lowest BCUT2D eigenvalue weighted by atomic mass is 10.2. The number of nitrogens with one attached hydrogen (secondary N) is 2. The fourth-order valence-electron chi connectivity index (χ4n) is 3.11. The largest absolute Gasteiger partial charge is 0.361 e. The molecular formula is C19H13FN8O. The Morgan fingerprint density at radius 2 is 2.03 bits per heavy atom. The van der Waals surface area contributed by atoms with E-state index >= 15 is 0 Å². The minimum Gasteiger partial charge on any atom is -0.361 e. The van der Waals surface area contributed by atoms with Crippen molar-refractivity contribution in [3.05, 3.63) is 77.2 Å². The molecule has 1 aromatic carbocycles. The molecule has 0 amide bonds. The van der Waals surface area contributed by atoms with E-state index in [1.807, 2.05) is 0 Å². The first-order valence-corrected chi connectivity index (χ1v) is 8.71. The summed E-state index contributed by atoms with van der Waals surface area (Å²) in [6.07, 6.45) is 4.50. The third-order valence-corrected chi connectivity index (χ3v) is 4.42. The molecular weight excluding hydrogens is 375 g/mol. The molecule has 0 aliphatic rings. The number of aromatic amines is 1. The standard InChI is InChI=1S/C19H13FN8O/c20-11-4-5-13-12(7-11)19(29)28(14-3-1-2-6-21-14)15(27-13)8-22-17-16-18(24-9-23-16)26-10-25-17/h1-7,9-10H,8H2,(H2,22,23,24,25,26). The molecule has 0 aliphatic heterocycles. The molecule has 4 heterocycles. The van der Waals surface area contributed by atoms with Crippen molar-refractivity contribution in [2.24, 2.45) is 0 Å². The SMILES string of the molecule is O=c1c2cc(F)ccc2nc(CNc2ncnc3nc[nH]c23)n1-c1ccccn1. The number of nitrogens with zero attached hydrogens (tertiary/aromatic N) is 6. The molecule has 9 nitrogen and oxygen atoms in total. The quantitative estimate of drug-likeness (QED) is 0.485.